The Kier molecular flexibility index (Phi) is 5.33. The molecular formula is C22H19F2NO4. The minimum absolute atomic E-state index is 0.234. The molecule has 0 radical (unpaired) electrons. The number of rotatable bonds is 7. The van der Waals surface area contributed by atoms with E-state index in [0.29, 0.717) is 11.3 Å². The quantitative estimate of drug-likeness (QED) is 0.691. The molecule has 3 rings (SSSR count). The molecule has 1 aliphatic rings. The Balaban J connectivity index is 2.12. The van der Waals surface area contributed by atoms with Crippen molar-refractivity contribution in [1.29, 1.82) is 0 Å². The van der Waals surface area contributed by atoms with Crippen molar-refractivity contribution in [2.75, 3.05) is 5.32 Å². The van der Waals surface area contributed by atoms with E-state index in [1.54, 1.807) is 42.5 Å². The first-order valence-electron chi connectivity index (χ1n) is 8.94. The van der Waals surface area contributed by atoms with E-state index >= 15 is 0 Å². The molecule has 29 heavy (non-hydrogen) atoms. The van der Waals surface area contributed by atoms with Crippen molar-refractivity contribution in [3.05, 3.63) is 77.9 Å². The van der Waals surface area contributed by atoms with Crippen LogP contribution >= 0.6 is 0 Å². The standard InChI is InChI=1S/C22H19F2NO4/c1-14(26)16-9-5-6-10-17(16)25-18-11-12-19(27)21(18,13-22(23,24)20(28)29)15-7-3-2-4-8-15/h2-12,18,25H,13H2,1H3,(H,28,29)/t18-,21-/m1/s1. The fourth-order valence-electron chi connectivity index (χ4n) is 3.69. The predicted molar refractivity (Wildman–Crippen MR) is 103 cm³/mol. The number of nitrogens with one attached hydrogen (secondary N) is 1. The zero-order valence-corrected chi connectivity index (χ0v) is 15.6. The molecule has 0 spiro atoms. The summed E-state index contributed by atoms with van der Waals surface area (Å²) < 4.78 is 28.7. The number of carbonyl (C=O) groups excluding carboxylic acids is 2. The summed E-state index contributed by atoms with van der Waals surface area (Å²) in [5.74, 6) is -7.28. The lowest BCUT2D eigenvalue weighted by molar-refractivity contribution is -0.168. The van der Waals surface area contributed by atoms with Crippen molar-refractivity contribution in [3.63, 3.8) is 0 Å². The number of benzene rings is 2. The van der Waals surface area contributed by atoms with Crippen LogP contribution in [-0.4, -0.2) is 34.6 Å². The molecule has 2 N–H and O–H groups in total. The Morgan fingerprint density at radius 1 is 1.10 bits per heavy atom. The van der Waals surface area contributed by atoms with Crippen LogP contribution in [0.1, 0.15) is 29.3 Å². The SMILES string of the molecule is CC(=O)c1ccccc1N[C@@H]1C=CC(=O)[C@]1(CC(F)(F)C(=O)O)c1ccccc1. The molecule has 0 unspecified atom stereocenters. The number of hydrogen-bond donors (Lipinski definition) is 2. The number of anilines is 1. The lowest BCUT2D eigenvalue weighted by Gasteiger charge is -2.37. The highest BCUT2D eigenvalue weighted by Gasteiger charge is 2.57. The van der Waals surface area contributed by atoms with Gasteiger partial charge in [-0.15, -0.1) is 0 Å². The second-order valence-electron chi connectivity index (χ2n) is 6.97. The largest absolute Gasteiger partial charge is 0.477 e. The Morgan fingerprint density at radius 2 is 1.72 bits per heavy atom. The van der Waals surface area contributed by atoms with Gasteiger partial charge in [-0.3, -0.25) is 9.59 Å². The molecular weight excluding hydrogens is 380 g/mol. The van der Waals surface area contributed by atoms with Gasteiger partial charge in [0.2, 0.25) is 0 Å². The summed E-state index contributed by atoms with van der Waals surface area (Å²) in [5, 5.41) is 12.0. The fraction of sp³-hybridized carbons (Fsp3) is 0.227. The van der Waals surface area contributed by atoms with Crippen molar-refractivity contribution in [1.82, 2.24) is 0 Å². The summed E-state index contributed by atoms with van der Waals surface area (Å²) >= 11 is 0. The van der Waals surface area contributed by atoms with Gasteiger partial charge in [-0.25, -0.2) is 4.79 Å². The van der Waals surface area contributed by atoms with Crippen molar-refractivity contribution in [2.24, 2.45) is 0 Å². The zero-order chi connectivity index (χ0) is 21.2. The number of halogens is 2. The van der Waals surface area contributed by atoms with E-state index in [2.05, 4.69) is 5.32 Å². The molecule has 0 bridgehead atoms. The monoisotopic (exact) mass is 399 g/mol. The number of carbonyl (C=O) groups is 3. The highest BCUT2D eigenvalue weighted by atomic mass is 19.3. The Bertz CT molecular complexity index is 987. The summed E-state index contributed by atoms with van der Waals surface area (Å²) in [6, 6.07) is 13.5. The van der Waals surface area contributed by atoms with Gasteiger partial charge in [0.1, 0.15) is 0 Å². The van der Waals surface area contributed by atoms with Crippen LogP contribution in [0.2, 0.25) is 0 Å². The first-order valence-corrected chi connectivity index (χ1v) is 8.94. The van der Waals surface area contributed by atoms with Gasteiger partial charge in [0.25, 0.3) is 0 Å². The minimum Gasteiger partial charge on any atom is -0.477 e. The van der Waals surface area contributed by atoms with Crippen LogP contribution in [0.4, 0.5) is 14.5 Å². The molecule has 7 heteroatoms. The highest BCUT2D eigenvalue weighted by molar-refractivity contribution is 6.05. The molecule has 0 saturated carbocycles. The van der Waals surface area contributed by atoms with E-state index in [0.717, 1.165) is 0 Å². The molecule has 2 atom stereocenters. The topological polar surface area (TPSA) is 83.5 Å². The van der Waals surface area contributed by atoms with Crippen molar-refractivity contribution in [3.8, 4) is 0 Å². The van der Waals surface area contributed by atoms with Gasteiger partial charge in [0, 0.05) is 17.7 Å². The predicted octanol–water partition coefficient (Wildman–Crippen LogP) is 3.86. The van der Waals surface area contributed by atoms with Crippen molar-refractivity contribution in [2.45, 2.75) is 30.7 Å². The molecule has 5 nitrogen and oxygen atoms in total. The number of Topliss-reactive ketones (excluding diaryl/α,β-unsaturated/α-hetero) is 1. The van der Waals surface area contributed by atoms with E-state index in [1.165, 1.54) is 31.2 Å². The van der Waals surface area contributed by atoms with Gasteiger partial charge in [-0.05, 0) is 30.7 Å². The smallest absolute Gasteiger partial charge is 0.374 e. The third kappa shape index (κ3) is 3.68. The second kappa shape index (κ2) is 7.58. The highest BCUT2D eigenvalue weighted by Crippen LogP contribution is 2.44. The molecule has 0 fully saturated rings. The number of aliphatic carboxylic acids is 1. The third-order valence-electron chi connectivity index (χ3n) is 5.13. The van der Waals surface area contributed by atoms with E-state index in [1.807, 2.05) is 0 Å². The number of allylic oxidation sites excluding steroid dienone is 1. The van der Waals surface area contributed by atoms with E-state index in [4.69, 9.17) is 5.11 Å². The van der Waals surface area contributed by atoms with Crippen molar-refractivity contribution >= 4 is 23.2 Å². The number of ketones is 2. The van der Waals surface area contributed by atoms with Gasteiger partial charge in [0.05, 0.1) is 11.5 Å². The first kappa shape index (κ1) is 20.4. The number of carboxylic acid groups (broad SMARTS) is 1. The maximum atomic E-state index is 14.4. The molecule has 0 aliphatic heterocycles. The molecule has 0 amide bonds. The summed E-state index contributed by atoms with van der Waals surface area (Å²) in [6.07, 6.45) is 1.40. The molecule has 0 heterocycles. The molecule has 0 saturated heterocycles. The van der Waals surface area contributed by atoms with E-state index < -0.39 is 35.6 Å². The minimum atomic E-state index is -4.13. The average Bonchev–Trinajstić information content (AvgIpc) is 2.99. The maximum Gasteiger partial charge on any atom is 0.374 e. The van der Waals surface area contributed by atoms with Gasteiger partial charge in [-0.2, -0.15) is 8.78 Å². The van der Waals surface area contributed by atoms with Crippen LogP contribution in [0.15, 0.2) is 66.7 Å². The van der Waals surface area contributed by atoms with Gasteiger partial charge in [-0.1, -0.05) is 48.5 Å². The van der Waals surface area contributed by atoms with Crippen molar-refractivity contribution < 1.29 is 28.3 Å². The summed E-state index contributed by atoms with van der Waals surface area (Å²) in [6.45, 7) is 1.37. The van der Waals surface area contributed by atoms with E-state index in [9.17, 15) is 23.2 Å². The molecule has 1 aliphatic carbocycles. The number of para-hydroxylation sites is 1. The maximum absolute atomic E-state index is 14.4. The van der Waals surface area contributed by atoms with Crippen LogP contribution in [0, 0.1) is 0 Å². The summed E-state index contributed by atoms with van der Waals surface area (Å²) in [4.78, 5) is 36.0. The van der Waals surface area contributed by atoms with Crippen LogP contribution in [0.3, 0.4) is 0 Å². The lowest BCUT2D eigenvalue weighted by Crippen LogP contribution is -2.51. The van der Waals surface area contributed by atoms with Crippen LogP contribution in [0.25, 0.3) is 0 Å². The number of alkyl halides is 2. The summed E-state index contributed by atoms with van der Waals surface area (Å²) in [5.41, 5.74) is -0.850. The number of carboxylic acids is 1. The molecule has 2 aromatic carbocycles. The van der Waals surface area contributed by atoms with Gasteiger partial charge < -0.3 is 10.4 Å². The first-order chi connectivity index (χ1) is 13.7. The third-order valence-corrected chi connectivity index (χ3v) is 5.13. The Morgan fingerprint density at radius 3 is 2.34 bits per heavy atom. The average molecular weight is 399 g/mol. The number of hydrogen-bond acceptors (Lipinski definition) is 4. The van der Waals surface area contributed by atoms with Gasteiger partial charge in [0.15, 0.2) is 11.6 Å². The molecule has 150 valence electrons. The van der Waals surface area contributed by atoms with Crippen LogP contribution in [0.5, 0.6) is 0 Å². The fourth-order valence-corrected chi connectivity index (χ4v) is 3.69. The molecule has 2 aromatic rings. The van der Waals surface area contributed by atoms with Gasteiger partial charge >= 0.3 is 11.9 Å². The normalized spacial score (nSPS) is 21.2. The van der Waals surface area contributed by atoms with Crippen LogP contribution < -0.4 is 5.32 Å². The van der Waals surface area contributed by atoms with Crippen LogP contribution in [-0.2, 0) is 15.0 Å². The lowest BCUT2D eigenvalue weighted by atomic mass is 9.70. The second-order valence-corrected chi connectivity index (χ2v) is 6.97. The zero-order valence-electron chi connectivity index (χ0n) is 15.6. The summed E-state index contributed by atoms with van der Waals surface area (Å²) in [7, 11) is 0. The van der Waals surface area contributed by atoms with E-state index in [-0.39, 0.29) is 11.3 Å². The molecule has 0 aromatic heterocycles. The Labute approximate surface area is 166 Å². The Hall–Kier alpha value is -3.35.